The fraction of sp³-hybridized carbons (Fsp3) is 0.400. The summed E-state index contributed by atoms with van der Waals surface area (Å²) in [4.78, 5) is 11.9. The zero-order valence-corrected chi connectivity index (χ0v) is 14.2. The fourth-order valence-electron chi connectivity index (χ4n) is 2.50. The van der Waals surface area contributed by atoms with Crippen molar-refractivity contribution in [2.45, 2.75) is 36.1 Å². The molecule has 110 valence electrons. The Morgan fingerprint density at radius 1 is 1.33 bits per heavy atom. The van der Waals surface area contributed by atoms with E-state index >= 15 is 0 Å². The van der Waals surface area contributed by atoms with Gasteiger partial charge >= 0.3 is 0 Å². The molecule has 0 unspecified atom stereocenters. The van der Waals surface area contributed by atoms with Crippen molar-refractivity contribution in [3.8, 4) is 11.4 Å². The Bertz CT molecular complexity index is 671. The van der Waals surface area contributed by atoms with E-state index in [4.69, 9.17) is 0 Å². The van der Waals surface area contributed by atoms with Gasteiger partial charge in [0.25, 0.3) is 0 Å². The minimum absolute atomic E-state index is 0.0389. The molecule has 1 aromatic heterocycles. The molecule has 0 aliphatic heterocycles. The number of halogens is 1. The molecule has 1 aliphatic rings. The summed E-state index contributed by atoms with van der Waals surface area (Å²) in [5.74, 6) is 1.17. The van der Waals surface area contributed by atoms with E-state index in [2.05, 4.69) is 26.1 Å². The number of Topliss-reactive ketones (excluding diaryl/α,β-unsaturated/α-hetero) is 1. The van der Waals surface area contributed by atoms with Crippen LogP contribution in [0, 0.1) is 0 Å². The van der Waals surface area contributed by atoms with Crippen LogP contribution >= 0.6 is 27.7 Å². The number of benzene rings is 1. The number of carbonyl (C=O) groups excluding carboxylic acids is 1. The van der Waals surface area contributed by atoms with Crippen molar-refractivity contribution >= 4 is 33.5 Å². The summed E-state index contributed by atoms with van der Waals surface area (Å²) in [6, 6.07) is 7.99. The molecule has 0 spiro atoms. The first-order chi connectivity index (χ1) is 10.1. The lowest BCUT2D eigenvalue weighted by atomic mass is 9.99. The third kappa shape index (κ3) is 3.21. The maximum Gasteiger partial charge on any atom is 0.191 e. The molecule has 0 saturated heterocycles. The van der Waals surface area contributed by atoms with Crippen LogP contribution in [0.25, 0.3) is 11.4 Å². The number of ketones is 1. The molecule has 1 heterocycles. The number of thioether (sulfide) groups is 1. The molecular formula is C15H16BrN3OS. The van der Waals surface area contributed by atoms with E-state index in [9.17, 15) is 4.79 Å². The first-order valence-corrected chi connectivity index (χ1v) is 8.67. The molecule has 1 saturated carbocycles. The van der Waals surface area contributed by atoms with E-state index in [1.807, 2.05) is 35.9 Å². The van der Waals surface area contributed by atoms with Crippen LogP contribution in [-0.2, 0) is 11.8 Å². The van der Waals surface area contributed by atoms with Gasteiger partial charge in [-0.1, -0.05) is 46.2 Å². The molecule has 1 fully saturated rings. The number of hydrogen-bond donors (Lipinski definition) is 0. The summed E-state index contributed by atoms with van der Waals surface area (Å²) in [5, 5.41) is 9.39. The maximum absolute atomic E-state index is 11.9. The molecule has 0 radical (unpaired) electrons. The van der Waals surface area contributed by atoms with Crippen molar-refractivity contribution < 1.29 is 4.79 Å². The Kier molecular flexibility index (Phi) is 4.45. The monoisotopic (exact) mass is 365 g/mol. The van der Waals surface area contributed by atoms with E-state index in [0.717, 1.165) is 40.3 Å². The second-order valence-electron chi connectivity index (χ2n) is 5.19. The molecular weight excluding hydrogens is 350 g/mol. The summed E-state index contributed by atoms with van der Waals surface area (Å²) < 4.78 is 2.98. The van der Waals surface area contributed by atoms with Crippen molar-refractivity contribution in [1.29, 1.82) is 0 Å². The van der Waals surface area contributed by atoms with Gasteiger partial charge in [0.15, 0.2) is 11.0 Å². The van der Waals surface area contributed by atoms with E-state index in [0.29, 0.717) is 12.2 Å². The zero-order chi connectivity index (χ0) is 14.8. The second-order valence-corrected chi connectivity index (χ2v) is 7.28. The standard InChI is InChI=1S/C15H16BrN3OS/c1-19-14(10-5-4-6-11(16)9-10)17-18-15(19)21-13-8-3-2-7-12(13)20/h4-6,9,13H,2-3,7-8H2,1H3/t13-/m1/s1. The highest BCUT2D eigenvalue weighted by atomic mass is 79.9. The minimum Gasteiger partial charge on any atom is -0.305 e. The van der Waals surface area contributed by atoms with Gasteiger partial charge in [-0.05, 0) is 25.0 Å². The van der Waals surface area contributed by atoms with Crippen molar-refractivity contribution in [3.05, 3.63) is 28.7 Å². The Labute approximate surface area is 136 Å². The van der Waals surface area contributed by atoms with Gasteiger partial charge in [-0.2, -0.15) is 0 Å². The van der Waals surface area contributed by atoms with E-state index < -0.39 is 0 Å². The molecule has 1 aromatic carbocycles. The molecule has 1 atom stereocenters. The summed E-state index contributed by atoms with van der Waals surface area (Å²) in [6.45, 7) is 0. The van der Waals surface area contributed by atoms with Gasteiger partial charge in [-0.3, -0.25) is 4.79 Å². The fourth-order valence-corrected chi connectivity index (χ4v) is 4.02. The van der Waals surface area contributed by atoms with Crippen molar-refractivity contribution in [2.75, 3.05) is 0 Å². The van der Waals surface area contributed by atoms with Crippen LogP contribution in [0.1, 0.15) is 25.7 Å². The van der Waals surface area contributed by atoms with Gasteiger partial charge in [0.2, 0.25) is 0 Å². The average Bonchev–Trinajstić information content (AvgIpc) is 2.83. The van der Waals surface area contributed by atoms with Crippen LogP contribution in [0.5, 0.6) is 0 Å². The number of aromatic nitrogens is 3. The number of rotatable bonds is 3. The number of hydrogen-bond acceptors (Lipinski definition) is 4. The lowest BCUT2D eigenvalue weighted by Gasteiger charge is -2.19. The van der Waals surface area contributed by atoms with Crippen LogP contribution in [0.3, 0.4) is 0 Å². The van der Waals surface area contributed by atoms with Crippen LogP contribution < -0.4 is 0 Å². The van der Waals surface area contributed by atoms with E-state index in [1.165, 1.54) is 0 Å². The first kappa shape index (κ1) is 14.8. The van der Waals surface area contributed by atoms with Crippen LogP contribution in [0.15, 0.2) is 33.9 Å². The van der Waals surface area contributed by atoms with Gasteiger partial charge in [0, 0.05) is 23.5 Å². The van der Waals surface area contributed by atoms with Crippen molar-refractivity contribution in [3.63, 3.8) is 0 Å². The quantitative estimate of drug-likeness (QED) is 0.828. The molecule has 21 heavy (non-hydrogen) atoms. The Balaban J connectivity index is 1.84. The predicted octanol–water partition coefficient (Wildman–Crippen LogP) is 3.85. The Hall–Kier alpha value is -1.14. The Morgan fingerprint density at radius 2 is 2.19 bits per heavy atom. The molecule has 3 rings (SSSR count). The normalized spacial score (nSPS) is 19.0. The summed E-state index contributed by atoms with van der Waals surface area (Å²) in [7, 11) is 1.95. The molecule has 0 N–H and O–H groups in total. The highest BCUT2D eigenvalue weighted by Crippen LogP contribution is 2.32. The number of carbonyl (C=O) groups is 1. The first-order valence-electron chi connectivity index (χ1n) is 7.00. The van der Waals surface area contributed by atoms with Crippen LogP contribution in [0.4, 0.5) is 0 Å². The van der Waals surface area contributed by atoms with Gasteiger partial charge in [0.05, 0.1) is 5.25 Å². The molecule has 2 aromatic rings. The van der Waals surface area contributed by atoms with Crippen molar-refractivity contribution in [1.82, 2.24) is 14.8 Å². The molecule has 4 nitrogen and oxygen atoms in total. The maximum atomic E-state index is 11.9. The summed E-state index contributed by atoms with van der Waals surface area (Å²) >= 11 is 5.02. The van der Waals surface area contributed by atoms with Crippen LogP contribution in [0.2, 0.25) is 0 Å². The van der Waals surface area contributed by atoms with Gasteiger partial charge in [-0.15, -0.1) is 10.2 Å². The van der Waals surface area contributed by atoms with Gasteiger partial charge in [0.1, 0.15) is 5.78 Å². The third-order valence-electron chi connectivity index (χ3n) is 3.66. The third-order valence-corrected chi connectivity index (χ3v) is 5.51. The molecule has 0 amide bonds. The van der Waals surface area contributed by atoms with E-state index in [1.54, 1.807) is 11.8 Å². The molecule has 1 aliphatic carbocycles. The Morgan fingerprint density at radius 3 is 2.95 bits per heavy atom. The lowest BCUT2D eigenvalue weighted by molar-refractivity contribution is -0.119. The highest BCUT2D eigenvalue weighted by molar-refractivity contribution is 9.10. The summed E-state index contributed by atoms with van der Waals surface area (Å²) in [5.41, 5.74) is 1.01. The van der Waals surface area contributed by atoms with E-state index in [-0.39, 0.29) is 5.25 Å². The smallest absolute Gasteiger partial charge is 0.191 e. The SMILES string of the molecule is Cn1c(S[C@@H]2CCCCC2=O)nnc1-c1cccc(Br)c1. The molecule has 6 heteroatoms. The topological polar surface area (TPSA) is 47.8 Å². The zero-order valence-electron chi connectivity index (χ0n) is 11.8. The average molecular weight is 366 g/mol. The lowest BCUT2D eigenvalue weighted by Crippen LogP contribution is -2.21. The van der Waals surface area contributed by atoms with Crippen LogP contribution in [-0.4, -0.2) is 25.8 Å². The summed E-state index contributed by atoms with van der Waals surface area (Å²) in [6.07, 6.45) is 3.80. The largest absolute Gasteiger partial charge is 0.305 e. The predicted molar refractivity (Wildman–Crippen MR) is 87.3 cm³/mol. The number of nitrogens with zero attached hydrogens (tertiary/aromatic N) is 3. The van der Waals surface area contributed by atoms with Gasteiger partial charge < -0.3 is 4.57 Å². The highest BCUT2D eigenvalue weighted by Gasteiger charge is 2.25. The molecule has 0 bridgehead atoms. The van der Waals surface area contributed by atoms with Crippen molar-refractivity contribution in [2.24, 2.45) is 7.05 Å². The van der Waals surface area contributed by atoms with Gasteiger partial charge in [-0.25, -0.2) is 0 Å². The second kappa shape index (κ2) is 6.32. The minimum atomic E-state index is 0.0389.